The molecule has 4 N–H and O–H groups in total. The van der Waals surface area contributed by atoms with Gasteiger partial charge in [-0.05, 0) is 85.7 Å². The molecular weight excluding hydrogens is 590 g/mol. The van der Waals surface area contributed by atoms with Gasteiger partial charge in [-0.2, -0.15) is 0 Å². The van der Waals surface area contributed by atoms with Gasteiger partial charge in [0.1, 0.15) is 11.9 Å². The number of nitrogens with zero attached hydrogens (tertiary/aromatic N) is 2. The summed E-state index contributed by atoms with van der Waals surface area (Å²) in [6.45, 7) is 0.941. The van der Waals surface area contributed by atoms with Gasteiger partial charge >= 0.3 is 5.69 Å². The number of aliphatic hydroxyl groups is 1. The molecule has 2 atom stereocenters. The molecule has 2 aliphatic rings. The average Bonchev–Trinajstić information content (AvgIpc) is 3.71. The van der Waals surface area contributed by atoms with Crippen LogP contribution in [0.4, 0.5) is 5.69 Å². The summed E-state index contributed by atoms with van der Waals surface area (Å²) in [4.78, 5) is 19.8. The summed E-state index contributed by atoms with van der Waals surface area (Å²) < 4.78 is 36.8. The number of imidazole rings is 1. The monoisotopic (exact) mass is 631 g/mol. The third-order valence-corrected chi connectivity index (χ3v) is 10.2. The number of nitrogens with one attached hydrogen (secondary N) is 3. The van der Waals surface area contributed by atoms with Gasteiger partial charge in [0.05, 0.1) is 16.7 Å². The van der Waals surface area contributed by atoms with E-state index in [2.05, 4.69) is 20.0 Å². The number of pyridine rings is 1. The zero-order valence-electron chi connectivity index (χ0n) is 25.3. The molecule has 4 aromatic rings. The molecule has 238 valence electrons. The Balaban J connectivity index is 1.02. The van der Waals surface area contributed by atoms with Gasteiger partial charge in [-0.25, -0.2) is 13.2 Å². The predicted octanol–water partition coefficient (Wildman–Crippen LogP) is 4.89. The molecule has 10 nitrogen and oxygen atoms in total. The lowest BCUT2D eigenvalue weighted by atomic mass is 10.0. The number of fused-ring (bicyclic) bond motifs is 1. The minimum absolute atomic E-state index is 0.0850. The summed E-state index contributed by atoms with van der Waals surface area (Å²) in [5.74, 6) is 1.49. The van der Waals surface area contributed by atoms with Crippen molar-refractivity contribution >= 4 is 15.7 Å². The second kappa shape index (κ2) is 14.0. The third kappa shape index (κ3) is 7.84. The van der Waals surface area contributed by atoms with Gasteiger partial charge < -0.3 is 20.1 Å². The van der Waals surface area contributed by atoms with Crippen molar-refractivity contribution in [1.29, 1.82) is 0 Å². The Morgan fingerprint density at radius 3 is 2.69 bits per heavy atom. The molecule has 2 aromatic carbocycles. The van der Waals surface area contributed by atoms with Crippen LogP contribution in [0.2, 0.25) is 0 Å². The number of H-pyrrole nitrogens is 1. The summed E-state index contributed by atoms with van der Waals surface area (Å²) in [5.41, 5.74) is 3.39. The Labute approximate surface area is 263 Å². The molecule has 0 radical (unpaired) electrons. The first-order valence-corrected chi connectivity index (χ1v) is 17.3. The molecule has 0 spiro atoms. The number of aryl methyl sites for hydroxylation is 2. The molecule has 0 amide bonds. The normalized spacial score (nSPS) is 17.5. The van der Waals surface area contributed by atoms with Crippen molar-refractivity contribution in [2.24, 2.45) is 5.92 Å². The summed E-state index contributed by atoms with van der Waals surface area (Å²) >= 11 is 0. The first-order chi connectivity index (χ1) is 21.8. The van der Waals surface area contributed by atoms with Crippen LogP contribution in [0.25, 0.3) is 5.69 Å². The van der Waals surface area contributed by atoms with E-state index < -0.39 is 16.1 Å². The summed E-state index contributed by atoms with van der Waals surface area (Å²) in [6, 6.07) is 15.3. The van der Waals surface area contributed by atoms with E-state index in [4.69, 9.17) is 4.74 Å². The van der Waals surface area contributed by atoms with Crippen molar-refractivity contribution in [1.82, 2.24) is 19.9 Å². The first-order valence-electron chi connectivity index (χ1n) is 15.9. The number of aromatic nitrogens is 3. The minimum Gasteiger partial charge on any atom is -0.489 e. The van der Waals surface area contributed by atoms with Gasteiger partial charge in [0, 0.05) is 48.6 Å². The Morgan fingerprint density at radius 1 is 1.09 bits per heavy atom. The van der Waals surface area contributed by atoms with Gasteiger partial charge in [0.2, 0.25) is 0 Å². The van der Waals surface area contributed by atoms with E-state index in [0.29, 0.717) is 36.6 Å². The molecule has 1 aliphatic heterocycles. The van der Waals surface area contributed by atoms with E-state index in [1.165, 1.54) is 32.1 Å². The van der Waals surface area contributed by atoms with Gasteiger partial charge in [0.15, 0.2) is 0 Å². The van der Waals surface area contributed by atoms with Crippen molar-refractivity contribution in [3.63, 3.8) is 0 Å². The maximum atomic E-state index is 13.2. The smallest absolute Gasteiger partial charge is 0.330 e. The maximum Gasteiger partial charge on any atom is 0.330 e. The number of aliphatic hydroxyl groups excluding tert-OH is 1. The van der Waals surface area contributed by atoms with E-state index in [1.807, 2.05) is 12.3 Å². The highest BCUT2D eigenvalue weighted by molar-refractivity contribution is 7.92. The van der Waals surface area contributed by atoms with Crippen molar-refractivity contribution in [3.05, 3.63) is 100 Å². The molecule has 1 saturated carbocycles. The third-order valence-electron chi connectivity index (χ3n) is 8.85. The highest BCUT2D eigenvalue weighted by Gasteiger charge is 2.23. The predicted molar refractivity (Wildman–Crippen MR) is 173 cm³/mol. The maximum absolute atomic E-state index is 13.2. The average molecular weight is 632 g/mol. The lowest BCUT2D eigenvalue weighted by Gasteiger charge is -2.27. The van der Waals surface area contributed by atoms with E-state index in [-0.39, 0.29) is 16.7 Å². The van der Waals surface area contributed by atoms with Crippen LogP contribution in [-0.4, -0.2) is 47.3 Å². The minimum atomic E-state index is -3.83. The molecular formula is C34H41N5O5S. The second-order valence-electron chi connectivity index (χ2n) is 12.2. The largest absolute Gasteiger partial charge is 0.489 e. The summed E-state index contributed by atoms with van der Waals surface area (Å²) in [5, 5.41) is 13.6. The standard InChI is InChI=1S/C34H41N5O5S/c40-32(26-8-4-18-35-20-26)22-36-21-30-15-10-25-19-31(16-17-33(25)44-30)45(42,43)38-27-11-13-29(14-12-27)39-23-28(37-34(39)41)9-3-7-24-5-1-2-6-24/h4,8,11-14,16-20,23-24,30,32,36,38,40H,1-3,5-7,9-10,15,21-22H2,(H,37,41). The molecule has 1 fully saturated rings. The second-order valence-corrected chi connectivity index (χ2v) is 13.8. The Bertz CT molecular complexity index is 1730. The van der Waals surface area contributed by atoms with Gasteiger partial charge in [-0.1, -0.05) is 38.2 Å². The quantitative estimate of drug-likeness (QED) is 0.165. The zero-order valence-corrected chi connectivity index (χ0v) is 26.1. The highest BCUT2D eigenvalue weighted by Crippen LogP contribution is 2.31. The molecule has 1 aliphatic carbocycles. The van der Waals surface area contributed by atoms with Crippen LogP contribution in [0.1, 0.15) is 67.9 Å². The number of ether oxygens (including phenoxy) is 1. The summed E-state index contributed by atoms with van der Waals surface area (Å²) in [7, 11) is -3.83. The zero-order chi connectivity index (χ0) is 31.2. The molecule has 45 heavy (non-hydrogen) atoms. The van der Waals surface area contributed by atoms with Crippen LogP contribution in [0.3, 0.4) is 0 Å². The van der Waals surface area contributed by atoms with Crippen molar-refractivity contribution in [3.8, 4) is 11.4 Å². The van der Waals surface area contributed by atoms with Crippen molar-refractivity contribution in [2.75, 3.05) is 17.8 Å². The molecule has 0 saturated heterocycles. The van der Waals surface area contributed by atoms with E-state index >= 15 is 0 Å². The van der Waals surface area contributed by atoms with E-state index in [0.717, 1.165) is 42.0 Å². The van der Waals surface area contributed by atoms with Crippen LogP contribution in [0.5, 0.6) is 5.75 Å². The van der Waals surface area contributed by atoms with Gasteiger partial charge in [0.25, 0.3) is 10.0 Å². The van der Waals surface area contributed by atoms with Crippen molar-refractivity contribution < 1.29 is 18.3 Å². The van der Waals surface area contributed by atoms with Crippen molar-refractivity contribution in [2.45, 2.75) is 74.9 Å². The Hall–Kier alpha value is -3.93. The van der Waals surface area contributed by atoms with Crippen LogP contribution >= 0.6 is 0 Å². The fourth-order valence-electron chi connectivity index (χ4n) is 6.35. The molecule has 2 aromatic heterocycles. The SMILES string of the molecule is O=c1[nH]c(CCCC2CCCC2)cn1-c1ccc(NS(=O)(=O)c2ccc3c(c2)CCC(CNCC(O)c2cccnc2)O3)cc1. The van der Waals surface area contributed by atoms with Crippen LogP contribution in [0, 0.1) is 5.92 Å². The molecule has 6 rings (SSSR count). The summed E-state index contributed by atoms with van der Waals surface area (Å²) in [6.07, 6.45) is 14.3. The van der Waals surface area contributed by atoms with Crippen LogP contribution in [-0.2, 0) is 22.9 Å². The first kappa shape index (κ1) is 31.1. The van der Waals surface area contributed by atoms with E-state index in [1.54, 1.807) is 65.5 Å². The number of aromatic amines is 1. The number of hydrogen-bond acceptors (Lipinski definition) is 7. The fourth-order valence-corrected chi connectivity index (χ4v) is 7.46. The molecule has 0 bridgehead atoms. The molecule has 11 heteroatoms. The Morgan fingerprint density at radius 2 is 1.91 bits per heavy atom. The lowest BCUT2D eigenvalue weighted by molar-refractivity contribution is 0.146. The van der Waals surface area contributed by atoms with Crippen LogP contribution in [0.15, 0.2) is 82.9 Å². The van der Waals surface area contributed by atoms with E-state index in [9.17, 15) is 18.3 Å². The number of anilines is 1. The van der Waals surface area contributed by atoms with Crippen LogP contribution < -0.4 is 20.5 Å². The lowest BCUT2D eigenvalue weighted by Crippen LogP contribution is -2.36. The fraction of sp³-hybridized carbons (Fsp3) is 0.412. The number of benzene rings is 2. The number of sulfonamides is 1. The van der Waals surface area contributed by atoms with Gasteiger partial charge in [-0.3, -0.25) is 14.3 Å². The highest BCUT2D eigenvalue weighted by atomic mass is 32.2. The Kier molecular flexibility index (Phi) is 9.67. The number of rotatable bonds is 13. The molecule has 2 unspecified atom stereocenters. The van der Waals surface area contributed by atoms with Gasteiger partial charge in [-0.15, -0.1) is 0 Å². The topological polar surface area (TPSA) is 138 Å². The number of hydrogen-bond donors (Lipinski definition) is 4. The molecule has 3 heterocycles.